The molecular weight excluding hydrogens is 474 g/mol. The number of rotatable bonds is 5. The monoisotopic (exact) mass is 498 g/mol. The van der Waals surface area contributed by atoms with Crippen LogP contribution in [0.25, 0.3) is 5.57 Å². The molecule has 1 aliphatic rings. The highest BCUT2D eigenvalue weighted by atomic mass is 19.4. The zero-order chi connectivity index (χ0) is 25.8. The summed E-state index contributed by atoms with van der Waals surface area (Å²) in [5.41, 5.74) is -0.651. The number of benzene rings is 2. The van der Waals surface area contributed by atoms with Crippen molar-refractivity contribution >= 4 is 11.5 Å². The Morgan fingerprint density at radius 3 is 1.63 bits per heavy atom. The Labute approximate surface area is 198 Å². The van der Waals surface area contributed by atoms with Crippen molar-refractivity contribution in [2.24, 2.45) is 0 Å². The van der Waals surface area contributed by atoms with Gasteiger partial charge < -0.3 is 10.0 Å². The molecule has 2 aromatic carbocycles. The van der Waals surface area contributed by atoms with E-state index < -0.39 is 29.7 Å². The summed E-state index contributed by atoms with van der Waals surface area (Å²) in [5, 5.41) is 9.62. The Morgan fingerprint density at radius 1 is 0.829 bits per heavy atom. The Hall–Kier alpha value is -3.11. The molecule has 0 bridgehead atoms. The molecule has 1 atom stereocenters. The lowest BCUT2D eigenvalue weighted by Crippen LogP contribution is -2.50. The van der Waals surface area contributed by atoms with E-state index in [9.17, 15) is 36.2 Å². The van der Waals surface area contributed by atoms with Gasteiger partial charge in [-0.2, -0.15) is 26.3 Å². The first-order valence-corrected chi connectivity index (χ1v) is 10.8. The lowest BCUT2D eigenvalue weighted by Gasteiger charge is -2.35. The molecule has 35 heavy (non-hydrogen) atoms. The number of aliphatic hydroxyl groups excluding tert-OH is 1. The Kier molecular flexibility index (Phi) is 8.07. The molecule has 1 unspecified atom stereocenters. The van der Waals surface area contributed by atoms with Crippen LogP contribution >= 0.6 is 0 Å². The van der Waals surface area contributed by atoms with E-state index in [-0.39, 0.29) is 5.91 Å². The molecule has 2 aromatic rings. The third-order valence-corrected chi connectivity index (χ3v) is 5.70. The molecule has 0 spiro atoms. The number of carbonyl (C=O) groups is 1. The Morgan fingerprint density at radius 2 is 1.26 bits per heavy atom. The third-order valence-electron chi connectivity index (χ3n) is 5.70. The van der Waals surface area contributed by atoms with Crippen LogP contribution in [0, 0.1) is 0 Å². The van der Waals surface area contributed by atoms with Gasteiger partial charge in [0.2, 0.25) is 5.91 Å². The van der Waals surface area contributed by atoms with E-state index in [1.54, 1.807) is 11.8 Å². The van der Waals surface area contributed by atoms with Gasteiger partial charge in [-0.15, -0.1) is 0 Å². The minimum absolute atomic E-state index is 0.286. The summed E-state index contributed by atoms with van der Waals surface area (Å²) in [5.74, 6) is -0.286. The molecule has 4 nitrogen and oxygen atoms in total. The number of carbonyl (C=O) groups excluding carboxylic acids is 1. The number of nitrogens with zero attached hydrogens (tertiary/aromatic N) is 2. The van der Waals surface area contributed by atoms with Crippen molar-refractivity contribution in [1.29, 1.82) is 0 Å². The fraction of sp³-hybridized carbons (Fsp3) is 0.320. The molecule has 1 saturated heterocycles. The average molecular weight is 498 g/mol. The highest BCUT2D eigenvalue weighted by Crippen LogP contribution is 2.33. The normalized spacial score (nSPS) is 16.4. The van der Waals surface area contributed by atoms with Crippen LogP contribution in [0.5, 0.6) is 0 Å². The van der Waals surface area contributed by atoms with Crippen molar-refractivity contribution in [3.05, 3.63) is 89.0 Å². The van der Waals surface area contributed by atoms with Gasteiger partial charge in [-0.1, -0.05) is 36.4 Å². The molecule has 1 N–H and O–H groups in total. The highest BCUT2D eigenvalue weighted by molar-refractivity contribution is 5.89. The van der Waals surface area contributed by atoms with Gasteiger partial charge in [0, 0.05) is 32.3 Å². The molecule has 1 heterocycles. The number of alkyl halides is 6. The third kappa shape index (κ3) is 6.95. The van der Waals surface area contributed by atoms with Crippen molar-refractivity contribution in [3.8, 4) is 0 Å². The van der Waals surface area contributed by atoms with Crippen LogP contribution in [0.15, 0.2) is 66.8 Å². The number of hydrogen-bond donors (Lipinski definition) is 1. The van der Waals surface area contributed by atoms with Gasteiger partial charge >= 0.3 is 12.4 Å². The van der Waals surface area contributed by atoms with E-state index in [0.29, 0.717) is 42.9 Å². The SMILES string of the molecule is CC(O)N1CCN(C(=O)C=CC=C(c2ccc(C(F)(F)F)cc2)c2ccc(C(F)(F)F)cc2)CC1. The number of halogens is 6. The first-order chi connectivity index (χ1) is 16.4. The molecule has 10 heteroatoms. The first kappa shape index (κ1) is 26.5. The van der Waals surface area contributed by atoms with E-state index in [1.165, 1.54) is 42.5 Å². The quantitative estimate of drug-likeness (QED) is 0.351. The van der Waals surface area contributed by atoms with Crippen molar-refractivity contribution in [3.63, 3.8) is 0 Å². The largest absolute Gasteiger partial charge is 0.416 e. The van der Waals surface area contributed by atoms with Crippen LogP contribution in [-0.2, 0) is 17.1 Å². The minimum atomic E-state index is -4.53. The van der Waals surface area contributed by atoms with Crippen LogP contribution in [0.4, 0.5) is 26.3 Å². The van der Waals surface area contributed by atoms with Crippen molar-refractivity contribution in [2.75, 3.05) is 26.2 Å². The zero-order valence-electron chi connectivity index (χ0n) is 18.8. The predicted octanol–water partition coefficient (Wildman–Crippen LogP) is 5.19. The van der Waals surface area contributed by atoms with Gasteiger partial charge in [0.05, 0.1) is 11.1 Å². The summed E-state index contributed by atoms with van der Waals surface area (Å²) in [6.07, 6.45) is -5.46. The first-order valence-electron chi connectivity index (χ1n) is 10.8. The summed E-state index contributed by atoms with van der Waals surface area (Å²) in [6.45, 7) is 3.50. The molecule has 0 saturated carbocycles. The molecule has 3 rings (SSSR count). The molecule has 0 radical (unpaired) electrons. The summed E-state index contributed by atoms with van der Waals surface area (Å²) in [6, 6.07) is 8.50. The molecule has 1 fully saturated rings. The smallest absolute Gasteiger partial charge is 0.379 e. The predicted molar refractivity (Wildman–Crippen MR) is 119 cm³/mol. The van der Waals surface area contributed by atoms with Crippen molar-refractivity contribution in [1.82, 2.24) is 9.80 Å². The van der Waals surface area contributed by atoms with E-state index >= 15 is 0 Å². The van der Waals surface area contributed by atoms with Crippen LogP contribution in [0.1, 0.15) is 29.2 Å². The van der Waals surface area contributed by atoms with Gasteiger partial charge in [-0.25, -0.2) is 0 Å². The molecular formula is C25H24F6N2O2. The van der Waals surface area contributed by atoms with E-state index in [2.05, 4.69) is 0 Å². The summed E-state index contributed by atoms with van der Waals surface area (Å²) >= 11 is 0. The number of allylic oxidation sites excluding steroid dienone is 2. The van der Waals surface area contributed by atoms with Crippen molar-refractivity contribution in [2.45, 2.75) is 25.5 Å². The second-order valence-corrected chi connectivity index (χ2v) is 8.08. The van der Waals surface area contributed by atoms with Gasteiger partial charge in [0.1, 0.15) is 6.23 Å². The number of piperazine rings is 1. The van der Waals surface area contributed by atoms with E-state index in [1.807, 2.05) is 4.90 Å². The van der Waals surface area contributed by atoms with Gasteiger partial charge in [0.15, 0.2) is 0 Å². The average Bonchev–Trinajstić information content (AvgIpc) is 2.81. The number of aliphatic hydroxyl groups is 1. The standard InChI is InChI=1S/C25H24F6N2O2/c1-17(34)32-13-15-33(16-14-32)23(35)4-2-3-22(18-5-9-20(10-6-18)24(26,27)28)19-7-11-21(12-8-19)25(29,30)31/h2-12,17,34H,13-16H2,1H3. The van der Waals surface area contributed by atoms with Crippen LogP contribution < -0.4 is 0 Å². The van der Waals surface area contributed by atoms with Crippen LogP contribution in [-0.4, -0.2) is 53.2 Å². The summed E-state index contributed by atoms with van der Waals surface area (Å²) in [7, 11) is 0. The lowest BCUT2D eigenvalue weighted by molar-refractivity contribution is -0.138. The van der Waals surface area contributed by atoms with Crippen LogP contribution in [0.2, 0.25) is 0 Å². The maximum Gasteiger partial charge on any atom is 0.416 e. The minimum Gasteiger partial charge on any atom is -0.379 e. The fourth-order valence-electron chi connectivity index (χ4n) is 3.68. The number of amides is 1. The highest BCUT2D eigenvalue weighted by Gasteiger charge is 2.31. The number of hydrogen-bond acceptors (Lipinski definition) is 3. The summed E-state index contributed by atoms with van der Waals surface area (Å²) in [4.78, 5) is 15.9. The molecule has 1 aliphatic heterocycles. The zero-order valence-corrected chi connectivity index (χ0v) is 18.8. The molecule has 1 amide bonds. The van der Waals surface area contributed by atoms with Gasteiger partial charge in [-0.3, -0.25) is 9.69 Å². The Balaban J connectivity index is 1.86. The van der Waals surface area contributed by atoms with E-state index in [0.717, 1.165) is 24.3 Å². The van der Waals surface area contributed by atoms with Gasteiger partial charge in [0.25, 0.3) is 0 Å². The fourth-order valence-corrected chi connectivity index (χ4v) is 3.68. The maximum absolute atomic E-state index is 12.9. The second kappa shape index (κ2) is 10.7. The second-order valence-electron chi connectivity index (χ2n) is 8.08. The van der Waals surface area contributed by atoms with E-state index in [4.69, 9.17) is 0 Å². The Bertz CT molecular complexity index is 1000. The molecule has 0 aromatic heterocycles. The van der Waals surface area contributed by atoms with Crippen LogP contribution in [0.3, 0.4) is 0 Å². The molecule has 0 aliphatic carbocycles. The maximum atomic E-state index is 12.9. The van der Waals surface area contributed by atoms with Crippen molar-refractivity contribution < 1.29 is 36.2 Å². The van der Waals surface area contributed by atoms with Gasteiger partial charge in [-0.05, 0) is 47.9 Å². The molecule has 188 valence electrons. The summed E-state index contributed by atoms with van der Waals surface area (Å²) < 4.78 is 77.7. The lowest BCUT2D eigenvalue weighted by atomic mass is 9.95. The topological polar surface area (TPSA) is 43.8 Å².